The molecule has 5 heteroatoms. The molecule has 0 saturated heterocycles. The van der Waals surface area contributed by atoms with Crippen LogP contribution in [0.15, 0.2) is 18.2 Å². The molecule has 0 bridgehead atoms. The number of aryl methyl sites for hydroxylation is 1. The molecule has 0 aliphatic carbocycles. The van der Waals surface area contributed by atoms with Crippen molar-refractivity contribution < 1.29 is 14.3 Å². The number of nitrogens with two attached hydrogens (primary N) is 1. The van der Waals surface area contributed by atoms with Gasteiger partial charge < -0.3 is 10.8 Å². The number of benzene rings is 1. The van der Waals surface area contributed by atoms with E-state index in [0.29, 0.717) is 24.2 Å². The lowest BCUT2D eigenvalue weighted by atomic mass is 10.0. The Morgan fingerprint density at radius 3 is 2.75 bits per heavy atom. The Balaban J connectivity index is 2.73. The molecular formula is C15H23FN2O2. The Labute approximate surface area is 119 Å². The Kier molecular flexibility index (Phi) is 6.61. The van der Waals surface area contributed by atoms with E-state index in [2.05, 4.69) is 6.92 Å². The zero-order valence-electron chi connectivity index (χ0n) is 12.1. The van der Waals surface area contributed by atoms with Crippen LogP contribution in [0.2, 0.25) is 0 Å². The number of amides is 1. The third kappa shape index (κ3) is 5.27. The van der Waals surface area contributed by atoms with Gasteiger partial charge in [-0.25, -0.2) is 4.39 Å². The van der Waals surface area contributed by atoms with Gasteiger partial charge in [-0.2, -0.15) is 0 Å². The lowest BCUT2D eigenvalue weighted by molar-refractivity contribution is -0.119. The summed E-state index contributed by atoms with van der Waals surface area (Å²) in [6, 6.07) is 4.30. The highest BCUT2D eigenvalue weighted by Gasteiger charge is 2.16. The molecule has 0 aromatic heterocycles. The standard InChI is InChI=1S/C15H23FN2O2/c1-3-4-7-18(10-15(17)20)9-14(19)13-6-5-12(16)8-11(13)2/h5-6,8,14,19H,3-4,7,9-10H2,1-2H3,(H2,17,20). The zero-order valence-corrected chi connectivity index (χ0v) is 12.1. The lowest BCUT2D eigenvalue weighted by Gasteiger charge is -2.24. The molecule has 1 rings (SSSR count). The van der Waals surface area contributed by atoms with Crippen molar-refractivity contribution in [1.29, 1.82) is 0 Å². The van der Waals surface area contributed by atoms with Crippen LogP contribution in [-0.4, -0.2) is 35.5 Å². The number of carbonyl (C=O) groups is 1. The maximum Gasteiger partial charge on any atom is 0.231 e. The van der Waals surface area contributed by atoms with Crippen LogP contribution >= 0.6 is 0 Å². The molecule has 0 heterocycles. The normalized spacial score (nSPS) is 12.7. The Morgan fingerprint density at radius 1 is 1.50 bits per heavy atom. The highest BCUT2D eigenvalue weighted by molar-refractivity contribution is 5.75. The quantitative estimate of drug-likeness (QED) is 0.763. The van der Waals surface area contributed by atoms with E-state index in [4.69, 9.17) is 5.73 Å². The summed E-state index contributed by atoms with van der Waals surface area (Å²) in [7, 11) is 0. The third-order valence-corrected chi connectivity index (χ3v) is 3.23. The van der Waals surface area contributed by atoms with Crippen molar-refractivity contribution in [2.24, 2.45) is 5.73 Å². The fourth-order valence-corrected chi connectivity index (χ4v) is 2.19. The van der Waals surface area contributed by atoms with Crippen LogP contribution in [0.1, 0.15) is 37.0 Å². The van der Waals surface area contributed by atoms with E-state index in [9.17, 15) is 14.3 Å². The van der Waals surface area contributed by atoms with Gasteiger partial charge in [0.1, 0.15) is 5.82 Å². The maximum atomic E-state index is 13.1. The fraction of sp³-hybridized carbons (Fsp3) is 0.533. The smallest absolute Gasteiger partial charge is 0.231 e. The van der Waals surface area contributed by atoms with Gasteiger partial charge in [0.15, 0.2) is 0 Å². The molecule has 0 spiro atoms. The van der Waals surface area contributed by atoms with Crippen molar-refractivity contribution in [1.82, 2.24) is 4.90 Å². The number of aliphatic hydroxyl groups is 1. The third-order valence-electron chi connectivity index (χ3n) is 3.23. The van der Waals surface area contributed by atoms with Gasteiger partial charge in [0.05, 0.1) is 12.6 Å². The molecule has 1 amide bonds. The number of hydrogen-bond acceptors (Lipinski definition) is 3. The molecule has 1 aromatic rings. The minimum absolute atomic E-state index is 0.122. The molecule has 20 heavy (non-hydrogen) atoms. The van der Waals surface area contributed by atoms with Gasteiger partial charge in [0.2, 0.25) is 5.91 Å². The van der Waals surface area contributed by atoms with Crippen molar-refractivity contribution in [3.05, 3.63) is 35.1 Å². The fourth-order valence-electron chi connectivity index (χ4n) is 2.19. The number of nitrogens with zero attached hydrogens (tertiary/aromatic N) is 1. The Hall–Kier alpha value is -1.46. The van der Waals surface area contributed by atoms with Crippen molar-refractivity contribution in [3.63, 3.8) is 0 Å². The molecule has 0 aliphatic rings. The summed E-state index contributed by atoms with van der Waals surface area (Å²) in [5.74, 6) is -0.734. The van der Waals surface area contributed by atoms with Gasteiger partial charge in [-0.1, -0.05) is 19.4 Å². The number of aliphatic hydroxyl groups excluding tert-OH is 1. The summed E-state index contributed by atoms with van der Waals surface area (Å²) < 4.78 is 13.1. The largest absolute Gasteiger partial charge is 0.387 e. The number of unbranched alkanes of at least 4 members (excludes halogenated alkanes) is 1. The van der Waals surface area contributed by atoms with Gasteiger partial charge in [-0.15, -0.1) is 0 Å². The average molecular weight is 282 g/mol. The van der Waals surface area contributed by atoms with E-state index in [1.807, 2.05) is 4.90 Å². The zero-order chi connectivity index (χ0) is 15.1. The molecule has 0 radical (unpaired) electrons. The van der Waals surface area contributed by atoms with E-state index in [1.165, 1.54) is 12.1 Å². The predicted octanol–water partition coefficient (Wildman–Crippen LogP) is 1.75. The van der Waals surface area contributed by atoms with E-state index >= 15 is 0 Å². The first-order valence-corrected chi connectivity index (χ1v) is 6.88. The molecule has 1 atom stereocenters. The van der Waals surface area contributed by atoms with E-state index in [0.717, 1.165) is 12.8 Å². The summed E-state index contributed by atoms with van der Waals surface area (Å²) >= 11 is 0. The highest BCUT2D eigenvalue weighted by Crippen LogP contribution is 2.19. The van der Waals surface area contributed by atoms with Crippen LogP contribution in [0.5, 0.6) is 0 Å². The summed E-state index contributed by atoms with van der Waals surface area (Å²) in [6.07, 6.45) is 1.18. The molecule has 0 fully saturated rings. The summed E-state index contributed by atoms with van der Waals surface area (Å²) in [6.45, 7) is 4.96. The van der Waals surface area contributed by atoms with Crippen LogP contribution in [0.4, 0.5) is 4.39 Å². The number of halogens is 1. The topological polar surface area (TPSA) is 66.6 Å². The Bertz CT molecular complexity index is 451. The number of carbonyl (C=O) groups excluding carboxylic acids is 1. The molecule has 1 aromatic carbocycles. The van der Waals surface area contributed by atoms with Gasteiger partial charge >= 0.3 is 0 Å². The summed E-state index contributed by atoms with van der Waals surface area (Å²) in [4.78, 5) is 12.9. The molecule has 4 nitrogen and oxygen atoms in total. The second-order valence-electron chi connectivity index (χ2n) is 5.07. The van der Waals surface area contributed by atoms with Crippen molar-refractivity contribution in [2.45, 2.75) is 32.8 Å². The maximum absolute atomic E-state index is 13.1. The first-order valence-electron chi connectivity index (χ1n) is 6.88. The first kappa shape index (κ1) is 16.6. The molecule has 112 valence electrons. The SMILES string of the molecule is CCCCN(CC(N)=O)CC(O)c1ccc(F)cc1C. The second-order valence-corrected chi connectivity index (χ2v) is 5.07. The first-order chi connectivity index (χ1) is 9.43. The van der Waals surface area contributed by atoms with Crippen LogP contribution in [0.3, 0.4) is 0 Å². The van der Waals surface area contributed by atoms with Crippen LogP contribution in [-0.2, 0) is 4.79 Å². The van der Waals surface area contributed by atoms with E-state index in [-0.39, 0.29) is 12.4 Å². The summed E-state index contributed by atoms with van der Waals surface area (Å²) in [5, 5.41) is 10.3. The van der Waals surface area contributed by atoms with Crippen LogP contribution in [0, 0.1) is 12.7 Å². The van der Waals surface area contributed by atoms with E-state index in [1.54, 1.807) is 13.0 Å². The molecular weight excluding hydrogens is 259 g/mol. The predicted molar refractivity (Wildman–Crippen MR) is 76.6 cm³/mol. The number of primary amides is 1. The molecule has 0 saturated carbocycles. The number of rotatable bonds is 8. The minimum Gasteiger partial charge on any atom is -0.387 e. The average Bonchev–Trinajstić information content (AvgIpc) is 2.35. The van der Waals surface area contributed by atoms with Crippen molar-refractivity contribution in [3.8, 4) is 0 Å². The molecule has 3 N–H and O–H groups in total. The van der Waals surface area contributed by atoms with Gasteiger partial charge in [0, 0.05) is 6.54 Å². The molecule has 0 aliphatic heterocycles. The van der Waals surface area contributed by atoms with Crippen LogP contribution < -0.4 is 5.73 Å². The van der Waals surface area contributed by atoms with Crippen molar-refractivity contribution in [2.75, 3.05) is 19.6 Å². The monoisotopic (exact) mass is 282 g/mol. The highest BCUT2D eigenvalue weighted by atomic mass is 19.1. The number of hydrogen-bond donors (Lipinski definition) is 2. The second kappa shape index (κ2) is 7.97. The lowest BCUT2D eigenvalue weighted by Crippen LogP contribution is -2.37. The summed E-state index contributed by atoms with van der Waals surface area (Å²) in [5.41, 5.74) is 6.60. The van der Waals surface area contributed by atoms with Gasteiger partial charge in [-0.3, -0.25) is 9.69 Å². The van der Waals surface area contributed by atoms with E-state index < -0.39 is 12.0 Å². The van der Waals surface area contributed by atoms with Crippen molar-refractivity contribution >= 4 is 5.91 Å². The Morgan fingerprint density at radius 2 is 2.20 bits per heavy atom. The minimum atomic E-state index is -0.758. The van der Waals surface area contributed by atoms with Crippen LogP contribution in [0.25, 0.3) is 0 Å². The van der Waals surface area contributed by atoms with Gasteiger partial charge in [0.25, 0.3) is 0 Å². The van der Waals surface area contributed by atoms with Gasteiger partial charge in [-0.05, 0) is 43.1 Å². The molecule has 1 unspecified atom stereocenters.